The Morgan fingerprint density at radius 3 is 2.34 bits per heavy atom. The molecule has 6 atom stereocenters. The number of fused-ring (bicyclic) bond motifs is 3. The number of nitrogens with one attached hydrogen (secondary N) is 3. The molecule has 0 aromatic carbocycles. The van der Waals surface area contributed by atoms with E-state index in [1.807, 2.05) is 6.07 Å². The van der Waals surface area contributed by atoms with Gasteiger partial charge in [0.25, 0.3) is 5.92 Å². The highest BCUT2D eigenvalue weighted by atomic mass is 19.4. The molecule has 5 aliphatic rings. The molecule has 5 rings (SSSR count). The molecule has 0 radical (unpaired) electrons. The number of hydrogen-bond acceptors (Lipinski definition) is 5. The summed E-state index contributed by atoms with van der Waals surface area (Å²) in [4.78, 5) is 51.5. The van der Waals surface area contributed by atoms with Gasteiger partial charge in [0.2, 0.25) is 17.7 Å². The predicted octanol–water partition coefficient (Wildman–Crippen LogP) is 1.77. The number of carbonyl (C=O) groups excluding carboxylic acids is 4. The Kier molecular flexibility index (Phi) is 7.86. The molecule has 4 amide bonds. The third-order valence-electron chi connectivity index (χ3n) is 8.27. The van der Waals surface area contributed by atoms with E-state index in [-0.39, 0.29) is 37.5 Å². The number of piperidine rings is 2. The minimum atomic E-state index is -5.25. The zero-order valence-electron chi connectivity index (χ0n) is 20.5. The summed E-state index contributed by atoms with van der Waals surface area (Å²) < 4.78 is 68.9. The van der Waals surface area contributed by atoms with E-state index in [4.69, 9.17) is 0 Å². The van der Waals surface area contributed by atoms with Gasteiger partial charge in [-0.15, -0.1) is 0 Å². The minimum absolute atomic E-state index is 0.0504. The summed E-state index contributed by atoms with van der Waals surface area (Å²) >= 11 is 0. The lowest BCUT2D eigenvalue weighted by Gasteiger charge is -2.54. The van der Waals surface area contributed by atoms with Gasteiger partial charge in [0.15, 0.2) is 0 Å². The summed E-state index contributed by atoms with van der Waals surface area (Å²) in [6.07, 6.45) is -3.56. The monoisotopic (exact) mass is 547 g/mol. The molecule has 2 saturated carbocycles. The maximum Gasteiger partial charge on any atom is 0.471 e. The molecule has 0 aromatic heterocycles. The fraction of sp³-hybridized carbons (Fsp3) is 0.792. The van der Waals surface area contributed by atoms with Gasteiger partial charge in [0, 0.05) is 24.9 Å². The molecule has 5 fully saturated rings. The van der Waals surface area contributed by atoms with E-state index in [0.717, 1.165) is 11.3 Å². The van der Waals surface area contributed by atoms with Crippen molar-refractivity contribution in [2.45, 2.75) is 94.1 Å². The van der Waals surface area contributed by atoms with Crippen LogP contribution < -0.4 is 16.0 Å². The van der Waals surface area contributed by atoms with Crippen molar-refractivity contribution in [3.05, 3.63) is 0 Å². The van der Waals surface area contributed by atoms with Gasteiger partial charge in [0.05, 0.1) is 12.0 Å². The van der Waals surface area contributed by atoms with E-state index >= 15 is 0 Å². The van der Waals surface area contributed by atoms with E-state index in [2.05, 4.69) is 10.6 Å². The Morgan fingerprint density at radius 1 is 1.11 bits per heavy atom. The Bertz CT molecular complexity index is 1010. The average molecular weight is 548 g/mol. The molecule has 3 aliphatic heterocycles. The van der Waals surface area contributed by atoms with Crippen LogP contribution in [0.2, 0.25) is 0 Å². The summed E-state index contributed by atoms with van der Waals surface area (Å²) in [5.74, 6) is -10.2. The van der Waals surface area contributed by atoms with Crippen LogP contribution in [0.5, 0.6) is 0 Å². The van der Waals surface area contributed by atoms with Crippen LogP contribution in [-0.4, -0.2) is 71.3 Å². The van der Waals surface area contributed by atoms with Gasteiger partial charge in [-0.2, -0.15) is 18.4 Å². The fourth-order valence-corrected chi connectivity index (χ4v) is 6.08. The lowest BCUT2D eigenvalue weighted by Crippen LogP contribution is -2.71. The number of nitriles is 1. The molecular formula is C24H30F5N5O4. The molecule has 2 bridgehead atoms. The first-order valence-corrected chi connectivity index (χ1v) is 12.9. The Labute approximate surface area is 215 Å². The maximum atomic E-state index is 14.9. The smallest absolute Gasteiger partial charge is 0.356 e. The molecular weight excluding hydrogens is 517 g/mol. The first-order chi connectivity index (χ1) is 17.8. The minimum Gasteiger partial charge on any atom is -0.356 e. The molecule has 2 aliphatic carbocycles. The second-order valence-corrected chi connectivity index (χ2v) is 10.8. The number of carbonyl (C=O) groups is 4. The molecule has 9 nitrogen and oxygen atoms in total. The Balaban J connectivity index is 1.58. The van der Waals surface area contributed by atoms with Gasteiger partial charge in [-0.25, -0.2) is 8.78 Å². The molecule has 210 valence electrons. The highest BCUT2D eigenvalue weighted by Gasteiger charge is 2.61. The summed E-state index contributed by atoms with van der Waals surface area (Å²) in [5, 5.41) is 16.3. The largest absolute Gasteiger partial charge is 0.471 e. The first-order valence-electron chi connectivity index (χ1n) is 12.9. The zero-order valence-corrected chi connectivity index (χ0v) is 20.5. The van der Waals surface area contributed by atoms with Crippen molar-refractivity contribution in [3.8, 4) is 6.07 Å². The van der Waals surface area contributed by atoms with Crippen molar-refractivity contribution in [2.75, 3.05) is 6.54 Å². The standard InChI is InChI=1S/C24H30F5N5O4/c25-23(26)10-15-4-5-16(23)18(20(36)32-14(11-30)9-13-6-7-31-19(13)35)34(15)21(37)17(8-12-2-1-3-12)33-22(38)24(27,28)29/h12-18H,1-10H2,(H,31,35)(H,32,36)(H,33,38)/t13-,14+,15-,16-,17+,18-/m0/s1. The summed E-state index contributed by atoms with van der Waals surface area (Å²) in [5.41, 5.74) is 0. The van der Waals surface area contributed by atoms with E-state index in [1.54, 1.807) is 5.32 Å². The topological polar surface area (TPSA) is 131 Å². The SMILES string of the molecule is N#C[C@@H](C[C@@H]1CCNC1=O)NC(=O)[C@@H]1[C@@H]2CC[C@@H](CC2(F)F)N1C(=O)[C@@H](CC1CCC1)NC(=O)C(F)(F)F. The molecule has 3 saturated heterocycles. The van der Waals surface area contributed by atoms with E-state index < -0.39 is 72.2 Å². The van der Waals surface area contributed by atoms with Crippen molar-refractivity contribution in [3.63, 3.8) is 0 Å². The zero-order chi connectivity index (χ0) is 27.8. The van der Waals surface area contributed by atoms with E-state index in [0.29, 0.717) is 25.8 Å². The molecule has 38 heavy (non-hydrogen) atoms. The molecule has 3 heterocycles. The van der Waals surface area contributed by atoms with Crippen LogP contribution >= 0.6 is 0 Å². The Morgan fingerprint density at radius 2 is 1.82 bits per heavy atom. The average Bonchev–Trinajstić information content (AvgIpc) is 3.21. The summed E-state index contributed by atoms with van der Waals surface area (Å²) in [6, 6.07) is -3.83. The van der Waals surface area contributed by atoms with Crippen LogP contribution in [0.1, 0.15) is 57.8 Å². The van der Waals surface area contributed by atoms with Crippen molar-refractivity contribution < 1.29 is 41.1 Å². The number of nitrogens with zero attached hydrogens (tertiary/aromatic N) is 2. The molecule has 0 aromatic rings. The number of alkyl halides is 5. The van der Waals surface area contributed by atoms with Crippen molar-refractivity contribution in [1.29, 1.82) is 5.26 Å². The van der Waals surface area contributed by atoms with Gasteiger partial charge < -0.3 is 20.9 Å². The molecule has 14 heteroatoms. The third-order valence-corrected chi connectivity index (χ3v) is 8.27. The van der Waals surface area contributed by atoms with Gasteiger partial charge in [-0.3, -0.25) is 19.2 Å². The fourth-order valence-electron chi connectivity index (χ4n) is 6.08. The van der Waals surface area contributed by atoms with Crippen LogP contribution in [-0.2, 0) is 19.2 Å². The van der Waals surface area contributed by atoms with Gasteiger partial charge in [-0.05, 0) is 38.0 Å². The van der Waals surface area contributed by atoms with Crippen LogP contribution in [0.3, 0.4) is 0 Å². The lowest BCUT2D eigenvalue weighted by atomic mass is 9.71. The quantitative estimate of drug-likeness (QED) is 0.399. The number of hydrogen-bond donors (Lipinski definition) is 3. The van der Waals surface area contributed by atoms with Gasteiger partial charge in [0.1, 0.15) is 18.1 Å². The normalized spacial score (nSPS) is 30.0. The second-order valence-electron chi connectivity index (χ2n) is 10.8. The van der Waals surface area contributed by atoms with Crippen LogP contribution in [0, 0.1) is 29.1 Å². The highest BCUT2D eigenvalue weighted by molar-refractivity contribution is 5.94. The summed E-state index contributed by atoms with van der Waals surface area (Å²) in [6.45, 7) is 0.405. The number of rotatable bonds is 8. The predicted molar refractivity (Wildman–Crippen MR) is 120 cm³/mol. The van der Waals surface area contributed by atoms with Crippen LogP contribution in [0.25, 0.3) is 0 Å². The van der Waals surface area contributed by atoms with Gasteiger partial charge in [-0.1, -0.05) is 19.3 Å². The van der Waals surface area contributed by atoms with Crippen molar-refractivity contribution in [1.82, 2.24) is 20.9 Å². The number of amides is 4. The van der Waals surface area contributed by atoms with E-state index in [9.17, 15) is 46.4 Å². The lowest BCUT2D eigenvalue weighted by molar-refractivity contribution is -0.196. The highest BCUT2D eigenvalue weighted by Crippen LogP contribution is 2.49. The van der Waals surface area contributed by atoms with Crippen LogP contribution in [0.15, 0.2) is 0 Å². The summed E-state index contributed by atoms with van der Waals surface area (Å²) in [7, 11) is 0. The van der Waals surface area contributed by atoms with Crippen LogP contribution in [0.4, 0.5) is 22.0 Å². The number of halogens is 5. The second kappa shape index (κ2) is 10.6. The third kappa shape index (κ3) is 5.71. The Hall–Kier alpha value is -2.98. The molecule has 0 unspecified atom stereocenters. The van der Waals surface area contributed by atoms with Crippen molar-refractivity contribution >= 4 is 23.6 Å². The van der Waals surface area contributed by atoms with Crippen molar-refractivity contribution in [2.24, 2.45) is 17.8 Å². The first kappa shape index (κ1) is 28.0. The van der Waals surface area contributed by atoms with E-state index in [1.165, 1.54) is 0 Å². The maximum absolute atomic E-state index is 14.9. The van der Waals surface area contributed by atoms with Gasteiger partial charge >= 0.3 is 12.1 Å². The molecule has 3 N–H and O–H groups in total. The molecule has 0 spiro atoms.